The highest BCUT2D eigenvalue weighted by Gasteiger charge is 2.12. The van der Waals surface area contributed by atoms with Crippen LogP contribution in [0.2, 0.25) is 0 Å². The van der Waals surface area contributed by atoms with Crippen LogP contribution in [-0.4, -0.2) is 22.8 Å². The largest absolute Gasteiger partial charge is 0.478 e. The fraction of sp³-hybridized carbons (Fsp3) is 0.0625. The number of aromatic carboxylic acids is 1. The number of ketones is 1. The monoisotopic (exact) mass is 298 g/mol. The summed E-state index contributed by atoms with van der Waals surface area (Å²) >= 11 is 0. The Bertz CT molecular complexity index is 706. The third kappa shape index (κ3) is 3.92. The average Bonchev–Trinajstić information content (AvgIpc) is 2.48. The van der Waals surface area contributed by atoms with Crippen molar-refractivity contribution in [2.75, 3.05) is 11.1 Å². The lowest BCUT2D eigenvalue weighted by Crippen LogP contribution is -2.16. The second kappa shape index (κ2) is 6.53. The minimum atomic E-state index is -1.04. The second-order valence-corrected chi connectivity index (χ2v) is 4.65. The van der Waals surface area contributed by atoms with Crippen LogP contribution < -0.4 is 11.1 Å². The van der Waals surface area contributed by atoms with Crippen LogP contribution in [0.25, 0.3) is 0 Å². The summed E-state index contributed by atoms with van der Waals surface area (Å²) in [5.41, 5.74) is 7.03. The van der Waals surface area contributed by atoms with Gasteiger partial charge in [-0.3, -0.25) is 9.59 Å². The molecule has 4 N–H and O–H groups in total. The Morgan fingerprint density at radius 3 is 2.00 bits per heavy atom. The molecule has 6 nitrogen and oxygen atoms in total. The second-order valence-electron chi connectivity index (χ2n) is 4.65. The normalized spacial score (nSPS) is 10.0. The molecule has 2 aromatic carbocycles. The van der Waals surface area contributed by atoms with Gasteiger partial charge in [-0.15, -0.1) is 0 Å². The van der Waals surface area contributed by atoms with Gasteiger partial charge in [0.15, 0.2) is 5.78 Å². The van der Waals surface area contributed by atoms with Gasteiger partial charge in [-0.25, -0.2) is 4.79 Å². The molecule has 0 aliphatic heterocycles. The van der Waals surface area contributed by atoms with Crippen molar-refractivity contribution in [1.29, 1.82) is 0 Å². The number of hydrogen-bond donors (Lipinski definition) is 3. The molecule has 0 radical (unpaired) electrons. The summed E-state index contributed by atoms with van der Waals surface area (Å²) in [7, 11) is 0. The zero-order chi connectivity index (χ0) is 16.1. The summed E-state index contributed by atoms with van der Waals surface area (Å²) in [6, 6.07) is 12.0. The molecule has 0 saturated heterocycles. The van der Waals surface area contributed by atoms with Crippen LogP contribution in [0.5, 0.6) is 0 Å². The zero-order valence-electron chi connectivity index (χ0n) is 11.6. The van der Waals surface area contributed by atoms with Crippen molar-refractivity contribution < 1.29 is 19.5 Å². The van der Waals surface area contributed by atoms with E-state index < -0.39 is 11.9 Å². The number of Topliss-reactive ketones (excluding diaryl/α,β-unsaturated/α-hetero) is 1. The Morgan fingerprint density at radius 2 is 1.45 bits per heavy atom. The van der Waals surface area contributed by atoms with Gasteiger partial charge < -0.3 is 16.2 Å². The Kier molecular flexibility index (Phi) is 4.53. The molecule has 0 bridgehead atoms. The summed E-state index contributed by atoms with van der Waals surface area (Å²) in [5.74, 6) is -1.83. The molecule has 6 heteroatoms. The molecule has 0 atom stereocenters. The van der Waals surface area contributed by atoms with E-state index in [2.05, 4.69) is 5.32 Å². The number of amides is 1. The van der Waals surface area contributed by atoms with Crippen molar-refractivity contribution in [2.24, 2.45) is 0 Å². The third-order valence-corrected chi connectivity index (χ3v) is 2.97. The number of nitrogen functional groups attached to an aromatic ring is 1. The van der Waals surface area contributed by atoms with Crippen molar-refractivity contribution in [3.63, 3.8) is 0 Å². The van der Waals surface area contributed by atoms with Gasteiger partial charge in [0.25, 0.3) is 0 Å². The van der Waals surface area contributed by atoms with Gasteiger partial charge in [-0.05, 0) is 48.5 Å². The molecule has 0 saturated carbocycles. The van der Waals surface area contributed by atoms with Gasteiger partial charge in [0.1, 0.15) is 0 Å². The molecular formula is C16H14N2O4. The molecule has 0 heterocycles. The number of carboxylic acid groups (broad SMARTS) is 1. The van der Waals surface area contributed by atoms with E-state index in [9.17, 15) is 14.4 Å². The first-order valence-electron chi connectivity index (χ1n) is 6.47. The first-order chi connectivity index (χ1) is 10.5. The molecule has 1 amide bonds. The lowest BCUT2D eigenvalue weighted by Gasteiger charge is -2.05. The summed E-state index contributed by atoms with van der Waals surface area (Å²) in [4.78, 5) is 34.4. The van der Waals surface area contributed by atoms with Crippen LogP contribution in [0.1, 0.15) is 27.1 Å². The van der Waals surface area contributed by atoms with E-state index in [1.165, 1.54) is 24.3 Å². The van der Waals surface area contributed by atoms with Gasteiger partial charge in [0.2, 0.25) is 5.91 Å². The van der Waals surface area contributed by atoms with Gasteiger partial charge in [-0.2, -0.15) is 0 Å². The van der Waals surface area contributed by atoms with E-state index in [1.807, 2.05) is 0 Å². The van der Waals surface area contributed by atoms with Crippen molar-refractivity contribution in [1.82, 2.24) is 0 Å². The van der Waals surface area contributed by atoms with Crippen LogP contribution in [0.3, 0.4) is 0 Å². The number of benzene rings is 2. The topological polar surface area (TPSA) is 109 Å². The molecule has 0 spiro atoms. The number of rotatable bonds is 5. The minimum Gasteiger partial charge on any atom is -0.478 e. The van der Waals surface area contributed by atoms with E-state index in [-0.39, 0.29) is 17.8 Å². The van der Waals surface area contributed by atoms with Crippen molar-refractivity contribution in [3.05, 3.63) is 59.7 Å². The molecule has 0 aromatic heterocycles. The Labute approximate surface area is 126 Å². The van der Waals surface area contributed by atoms with E-state index in [0.717, 1.165) is 0 Å². The van der Waals surface area contributed by atoms with Gasteiger partial charge >= 0.3 is 5.97 Å². The molecule has 0 aliphatic rings. The van der Waals surface area contributed by atoms with Crippen LogP contribution in [0.4, 0.5) is 11.4 Å². The van der Waals surface area contributed by atoms with Gasteiger partial charge in [0, 0.05) is 16.9 Å². The predicted octanol–water partition coefficient (Wildman–Crippen LogP) is 2.18. The molecule has 0 aliphatic carbocycles. The van der Waals surface area contributed by atoms with Crippen molar-refractivity contribution >= 4 is 29.0 Å². The number of nitrogens with one attached hydrogen (secondary N) is 1. The molecule has 0 unspecified atom stereocenters. The maximum absolute atomic E-state index is 11.9. The highest BCUT2D eigenvalue weighted by Crippen LogP contribution is 2.12. The van der Waals surface area contributed by atoms with Crippen molar-refractivity contribution in [3.8, 4) is 0 Å². The van der Waals surface area contributed by atoms with E-state index in [1.54, 1.807) is 24.3 Å². The van der Waals surface area contributed by atoms with Crippen molar-refractivity contribution in [2.45, 2.75) is 6.42 Å². The lowest BCUT2D eigenvalue weighted by atomic mass is 10.1. The quantitative estimate of drug-likeness (QED) is 0.445. The maximum Gasteiger partial charge on any atom is 0.335 e. The smallest absolute Gasteiger partial charge is 0.335 e. The number of carbonyl (C=O) groups is 3. The molecule has 0 fully saturated rings. The summed E-state index contributed by atoms with van der Waals surface area (Å²) < 4.78 is 0. The molecule has 112 valence electrons. The third-order valence-electron chi connectivity index (χ3n) is 2.97. The highest BCUT2D eigenvalue weighted by atomic mass is 16.4. The number of carbonyl (C=O) groups excluding carboxylic acids is 2. The molecule has 2 aromatic rings. The minimum absolute atomic E-state index is 0.121. The Hall–Kier alpha value is -3.15. The fourth-order valence-electron chi connectivity index (χ4n) is 1.82. The van der Waals surface area contributed by atoms with Crippen LogP contribution >= 0.6 is 0 Å². The predicted molar refractivity (Wildman–Crippen MR) is 81.8 cm³/mol. The standard InChI is InChI=1S/C16H14N2O4/c17-12-5-1-10(2-6-12)14(19)9-15(20)18-13-7-3-11(4-8-13)16(21)22/h1-8H,9,17H2,(H,18,20)(H,21,22). The summed E-state index contributed by atoms with van der Waals surface area (Å²) in [6.45, 7) is 0. The SMILES string of the molecule is Nc1ccc(C(=O)CC(=O)Nc2ccc(C(=O)O)cc2)cc1. The average molecular weight is 298 g/mol. The number of anilines is 2. The van der Waals surface area contributed by atoms with Gasteiger partial charge in [0.05, 0.1) is 12.0 Å². The van der Waals surface area contributed by atoms with E-state index in [0.29, 0.717) is 16.9 Å². The fourth-order valence-corrected chi connectivity index (χ4v) is 1.82. The van der Waals surface area contributed by atoms with Crippen LogP contribution in [0.15, 0.2) is 48.5 Å². The molecule has 22 heavy (non-hydrogen) atoms. The molecular weight excluding hydrogens is 284 g/mol. The van der Waals surface area contributed by atoms with E-state index in [4.69, 9.17) is 10.8 Å². The number of carboxylic acids is 1. The van der Waals surface area contributed by atoms with E-state index >= 15 is 0 Å². The highest BCUT2D eigenvalue weighted by molar-refractivity contribution is 6.11. The Balaban J connectivity index is 1.96. The summed E-state index contributed by atoms with van der Waals surface area (Å²) in [5, 5.41) is 11.3. The molecule has 2 rings (SSSR count). The zero-order valence-corrected chi connectivity index (χ0v) is 11.6. The number of nitrogens with two attached hydrogens (primary N) is 1. The van der Waals surface area contributed by atoms with Crippen LogP contribution in [-0.2, 0) is 4.79 Å². The maximum atomic E-state index is 11.9. The van der Waals surface area contributed by atoms with Gasteiger partial charge in [-0.1, -0.05) is 0 Å². The lowest BCUT2D eigenvalue weighted by molar-refractivity contribution is -0.115. The Morgan fingerprint density at radius 1 is 0.909 bits per heavy atom. The first kappa shape index (κ1) is 15.2. The summed E-state index contributed by atoms with van der Waals surface area (Å²) in [6.07, 6.45) is -0.301. The van der Waals surface area contributed by atoms with Crippen LogP contribution in [0, 0.1) is 0 Å². The number of hydrogen-bond acceptors (Lipinski definition) is 4. The first-order valence-corrected chi connectivity index (χ1v) is 6.47.